The molecule has 15 heavy (non-hydrogen) atoms. The van der Waals surface area contributed by atoms with Gasteiger partial charge in [-0.15, -0.1) is 0 Å². The highest BCUT2D eigenvalue weighted by Crippen LogP contribution is 2.29. The van der Waals surface area contributed by atoms with E-state index in [4.69, 9.17) is 5.73 Å². The van der Waals surface area contributed by atoms with Crippen molar-refractivity contribution in [3.63, 3.8) is 0 Å². The Bertz CT molecular complexity index is 336. The predicted octanol–water partition coefficient (Wildman–Crippen LogP) is 1.35. The van der Waals surface area contributed by atoms with E-state index in [9.17, 15) is 4.79 Å². The summed E-state index contributed by atoms with van der Waals surface area (Å²) in [7, 11) is 0. The van der Waals surface area contributed by atoms with Crippen molar-refractivity contribution in [3.05, 3.63) is 23.9 Å². The van der Waals surface area contributed by atoms with E-state index in [1.165, 1.54) is 6.42 Å². The summed E-state index contributed by atoms with van der Waals surface area (Å²) >= 11 is 0. The first kappa shape index (κ1) is 9.96. The third kappa shape index (κ3) is 2.09. The first-order valence-corrected chi connectivity index (χ1v) is 5.24. The lowest BCUT2D eigenvalue weighted by Gasteiger charge is -2.32. The van der Waals surface area contributed by atoms with Gasteiger partial charge in [-0.1, -0.05) is 6.07 Å². The quantitative estimate of drug-likeness (QED) is 0.741. The van der Waals surface area contributed by atoms with Crippen LogP contribution in [0.15, 0.2) is 18.3 Å². The summed E-state index contributed by atoms with van der Waals surface area (Å²) in [6.07, 6.45) is 5.98. The van der Waals surface area contributed by atoms with Gasteiger partial charge >= 0.3 is 0 Å². The van der Waals surface area contributed by atoms with Gasteiger partial charge < -0.3 is 10.6 Å². The molecule has 1 aromatic heterocycles. The molecule has 2 heterocycles. The number of nitrogen functional groups attached to an aromatic ring is 1. The average Bonchev–Trinajstić information content (AvgIpc) is 2.30. The molecule has 1 aromatic rings. The zero-order valence-electron chi connectivity index (χ0n) is 8.60. The number of rotatable bonds is 2. The molecule has 0 aromatic carbocycles. The zero-order valence-corrected chi connectivity index (χ0v) is 8.60. The first-order valence-electron chi connectivity index (χ1n) is 5.24. The van der Waals surface area contributed by atoms with Crippen LogP contribution in [0, 0.1) is 0 Å². The Balaban J connectivity index is 2.20. The molecule has 1 aliphatic heterocycles. The lowest BCUT2D eigenvalue weighted by atomic mass is 9.97. The topological polar surface area (TPSA) is 59.2 Å². The third-order valence-electron chi connectivity index (χ3n) is 2.87. The maximum absolute atomic E-state index is 10.9. The van der Waals surface area contributed by atoms with Crippen LogP contribution in [0.25, 0.3) is 0 Å². The van der Waals surface area contributed by atoms with E-state index in [1.807, 2.05) is 11.0 Å². The number of amides is 1. The normalized spacial score (nSPS) is 21.3. The molecule has 1 fully saturated rings. The third-order valence-corrected chi connectivity index (χ3v) is 2.87. The Kier molecular flexibility index (Phi) is 2.85. The number of pyridine rings is 1. The van der Waals surface area contributed by atoms with Crippen LogP contribution in [0.5, 0.6) is 0 Å². The van der Waals surface area contributed by atoms with Crippen molar-refractivity contribution in [2.75, 3.05) is 12.3 Å². The van der Waals surface area contributed by atoms with Gasteiger partial charge in [0, 0.05) is 12.7 Å². The first-order chi connectivity index (χ1) is 7.31. The van der Waals surface area contributed by atoms with Crippen LogP contribution in [0.2, 0.25) is 0 Å². The summed E-state index contributed by atoms with van der Waals surface area (Å²) in [5.74, 6) is 0.521. The van der Waals surface area contributed by atoms with E-state index in [0.29, 0.717) is 5.82 Å². The van der Waals surface area contributed by atoms with Gasteiger partial charge in [-0.25, -0.2) is 4.98 Å². The molecular weight excluding hydrogens is 190 g/mol. The molecular formula is C11H15N3O. The molecule has 2 rings (SSSR count). The Morgan fingerprint density at radius 1 is 1.47 bits per heavy atom. The molecule has 1 atom stereocenters. The minimum atomic E-state index is 0.185. The summed E-state index contributed by atoms with van der Waals surface area (Å²) in [6, 6.07) is 3.92. The van der Waals surface area contributed by atoms with Gasteiger partial charge in [-0.2, -0.15) is 0 Å². The molecule has 1 unspecified atom stereocenters. The van der Waals surface area contributed by atoms with E-state index >= 15 is 0 Å². The van der Waals surface area contributed by atoms with Crippen molar-refractivity contribution in [3.8, 4) is 0 Å². The highest BCUT2D eigenvalue weighted by molar-refractivity contribution is 5.49. The van der Waals surface area contributed by atoms with Crippen LogP contribution in [0.1, 0.15) is 30.9 Å². The van der Waals surface area contributed by atoms with E-state index < -0.39 is 0 Å². The fraction of sp³-hybridized carbons (Fsp3) is 0.455. The van der Waals surface area contributed by atoms with Gasteiger partial charge in [0.2, 0.25) is 6.41 Å². The van der Waals surface area contributed by atoms with Gasteiger partial charge in [0.05, 0.1) is 6.04 Å². The number of hydrogen-bond acceptors (Lipinski definition) is 3. The fourth-order valence-corrected chi connectivity index (χ4v) is 2.05. The molecule has 1 amide bonds. The summed E-state index contributed by atoms with van der Waals surface area (Å²) in [6.45, 7) is 0.846. The molecule has 1 aliphatic rings. The fourth-order valence-electron chi connectivity index (χ4n) is 2.05. The summed E-state index contributed by atoms with van der Waals surface area (Å²) in [5, 5.41) is 0. The standard InChI is InChI=1S/C11H15N3O/c12-11-5-4-9(7-13-11)10-3-1-2-6-14(10)8-15/h4-5,7-8,10H,1-3,6H2,(H2,12,13). The smallest absolute Gasteiger partial charge is 0.210 e. The van der Waals surface area contributed by atoms with Crippen molar-refractivity contribution >= 4 is 12.2 Å². The molecule has 0 bridgehead atoms. The second-order valence-electron chi connectivity index (χ2n) is 3.87. The molecule has 1 saturated heterocycles. The van der Waals surface area contributed by atoms with Crippen molar-refractivity contribution in [1.29, 1.82) is 0 Å². The second kappa shape index (κ2) is 4.29. The summed E-state index contributed by atoms with van der Waals surface area (Å²) in [4.78, 5) is 16.8. The Labute approximate surface area is 89.1 Å². The van der Waals surface area contributed by atoms with Gasteiger partial charge in [0.1, 0.15) is 5.82 Å². The van der Waals surface area contributed by atoms with Gasteiger partial charge in [0.15, 0.2) is 0 Å². The number of piperidine rings is 1. The van der Waals surface area contributed by atoms with Crippen LogP contribution in [0.3, 0.4) is 0 Å². The largest absolute Gasteiger partial charge is 0.384 e. The predicted molar refractivity (Wildman–Crippen MR) is 58.0 cm³/mol. The van der Waals surface area contributed by atoms with Crippen LogP contribution in [0.4, 0.5) is 5.82 Å². The number of likely N-dealkylation sites (tertiary alicyclic amines) is 1. The maximum Gasteiger partial charge on any atom is 0.210 e. The minimum absolute atomic E-state index is 0.185. The number of anilines is 1. The van der Waals surface area contributed by atoms with Gasteiger partial charge in [-0.05, 0) is 30.9 Å². The Morgan fingerprint density at radius 2 is 2.33 bits per heavy atom. The molecule has 0 radical (unpaired) electrons. The highest BCUT2D eigenvalue weighted by atomic mass is 16.1. The second-order valence-corrected chi connectivity index (χ2v) is 3.87. The highest BCUT2D eigenvalue weighted by Gasteiger charge is 2.22. The zero-order chi connectivity index (χ0) is 10.7. The van der Waals surface area contributed by atoms with Crippen molar-refractivity contribution in [2.45, 2.75) is 25.3 Å². The molecule has 80 valence electrons. The molecule has 4 heteroatoms. The van der Waals surface area contributed by atoms with Crippen molar-refractivity contribution in [2.24, 2.45) is 0 Å². The maximum atomic E-state index is 10.9. The lowest BCUT2D eigenvalue weighted by Crippen LogP contribution is -2.32. The number of aromatic nitrogens is 1. The molecule has 2 N–H and O–H groups in total. The van der Waals surface area contributed by atoms with Gasteiger partial charge in [0.25, 0.3) is 0 Å². The van der Waals surface area contributed by atoms with Crippen molar-refractivity contribution < 1.29 is 4.79 Å². The summed E-state index contributed by atoms with van der Waals surface area (Å²) < 4.78 is 0. The average molecular weight is 205 g/mol. The van der Waals surface area contributed by atoms with Crippen LogP contribution < -0.4 is 5.73 Å². The molecule has 0 spiro atoms. The molecule has 0 saturated carbocycles. The SMILES string of the molecule is Nc1ccc(C2CCCCN2C=O)cn1. The minimum Gasteiger partial charge on any atom is -0.384 e. The Hall–Kier alpha value is -1.58. The van der Waals surface area contributed by atoms with Crippen LogP contribution in [-0.4, -0.2) is 22.8 Å². The molecule has 0 aliphatic carbocycles. The van der Waals surface area contributed by atoms with Crippen molar-refractivity contribution in [1.82, 2.24) is 9.88 Å². The van der Waals surface area contributed by atoms with E-state index in [1.54, 1.807) is 12.3 Å². The molecule has 4 nitrogen and oxygen atoms in total. The lowest BCUT2D eigenvalue weighted by molar-refractivity contribution is -0.121. The number of hydrogen-bond donors (Lipinski definition) is 1. The summed E-state index contributed by atoms with van der Waals surface area (Å²) in [5.41, 5.74) is 6.61. The number of nitrogens with zero attached hydrogens (tertiary/aromatic N) is 2. The van der Waals surface area contributed by atoms with Crippen LogP contribution in [-0.2, 0) is 4.79 Å². The van der Waals surface area contributed by atoms with E-state index in [-0.39, 0.29) is 6.04 Å². The van der Waals surface area contributed by atoms with Crippen LogP contribution >= 0.6 is 0 Å². The van der Waals surface area contributed by atoms with E-state index in [2.05, 4.69) is 4.98 Å². The number of nitrogens with two attached hydrogens (primary N) is 1. The number of carbonyl (C=O) groups is 1. The number of carbonyl (C=O) groups excluding carboxylic acids is 1. The van der Waals surface area contributed by atoms with Gasteiger partial charge in [-0.3, -0.25) is 4.79 Å². The monoisotopic (exact) mass is 205 g/mol. The Morgan fingerprint density at radius 3 is 3.00 bits per heavy atom. The van der Waals surface area contributed by atoms with E-state index in [0.717, 1.165) is 31.4 Å².